The second kappa shape index (κ2) is 8.51. The summed E-state index contributed by atoms with van der Waals surface area (Å²) in [5, 5.41) is 3.10. The highest BCUT2D eigenvalue weighted by Crippen LogP contribution is 2.23. The Morgan fingerprint density at radius 2 is 2.04 bits per heavy atom. The minimum Gasteiger partial charge on any atom is -0.381 e. The van der Waals surface area contributed by atoms with Gasteiger partial charge in [0.2, 0.25) is 11.8 Å². The standard InChI is InChI=1S/C16H27N3O4S/c1-12(20)19-11-24-10-15(19)16(21)17-8-14(13-2-5-23-9-13)18-3-6-22-7-4-18/h13-15H,2-11H2,1H3,(H,17,21). The summed E-state index contributed by atoms with van der Waals surface area (Å²) in [6.45, 7) is 6.99. The van der Waals surface area contributed by atoms with Crippen molar-refractivity contribution in [3.05, 3.63) is 0 Å². The molecule has 3 unspecified atom stereocenters. The average molecular weight is 357 g/mol. The number of nitrogens with one attached hydrogen (secondary N) is 1. The Labute approximate surface area is 147 Å². The molecule has 24 heavy (non-hydrogen) atoms. The van der Waals surface area contributed by atoms with E-state index in [1.807, 2.05) is 0 Å². The molecule has 3 fully saturated rings. The highest BCUT2D eigenvalue weighted by atomic mass is 32.2. The number of carbonyl (C=O) groups excluding carboxylic acids is 2. The van der Waals surface area contributed by atoms with Crippen LogP contribution in [-0.2, 0) is 19.1 Å². The third-order valence-corrected chi connectivity index (χ3v) is 6.11. The predicted molar refractivity (Wildman–Crippen MR) is 91.7 cm³/mol. The molecule has 3 heterocycles. The molecule has 136 valence electrons. The molecule has 2 amide bonds. The lowest BCUT2D eigenvalue weighted by molar-refractivity contribution is -0.136. The van der Waals surface area contributed by atoms with Crippen LogP contribution in [-0.4, -0.2) is 91.4 Å². The lowest BCUT2D eigenvalue weighted by atomic mass is 9.96. The summed E-state index contributed by atoms with van der Waals surface area (Å²) in [6.07, 6.45) is 1.04. The predicted octanol–water partition coefficient (Wildman–Crippen LogP) is -0.239. The van der Waals surface area contributed by atoms with Gasteiger partial charge in [-0.2, -0.15) is 0 Å². The lowest BCUT2D eigenvalue weighted by Gasteiger charge is -2.37. The van der Waals surface area contributed by atoms with E-state index in [2.05, 4.69) is 10.2 Å². The minimum absolute atomic E-state index is 0.0333. The van der Waals surface area contributed by atoms with E-state index in [9.17, 15) is 9.59 Å². The maximum atomic E-state index is 12.6. The van der Waals surface area contributed by atoms with Crippen LogP contribution in [0.25, 0.3) is 0 Å². The van der Waals surface area contributed by atoms with Crippen LogP contribution in [0, 0.1) is 5.92 Å². The Balaban J connectivity index is 1.58. The van der Waals surface area contributed by atoms with Gasteiger partial charge in [-0.25, -0.2) is 0 Å². The molecule has 3 saturated heterocycles. The molecule has 3 aliphatic rings. The van der Waals surface area contributed by atoms with E-state index in [4.69, 9.17) is 9.47 Å². The summed E-state index contributed by atoms with van der Waals surface area (Å²) in [5.41, 5.74) is 0. The molecular weight excluding hydrogens is 330 g/mol. The van der Waals surface area contributed by atoms with E-state index >= 15 is 0 Å². The number of thioether (sulfide) groups is 1. The molecule has 3 atom stereocenters. The molecule has 0 bridgehead atoms. The fourth-order valence-corrected chi connectivity index (χ4v) is 4.87. The first kappa shape index (κ1) is 18.0. The van der Waals surface area contributed by atoms with Crippen LogP contribution in [0.4, 0.5) is 0 Å². The Kier molecular flexibility index (Phi) is 6.37. The molecule has 3 rings (SSSR count). The lowest BCUT2D eigenvalue weighted by Crippen LogP contribution is -2.54. The number of ether oxygens (including phenoxy) is 2. The van der Waals surface area contributed by atoms with Crippen molar-refractivity contribution >= 4 is 23.6 Å². The first-order chi connectivity index (χ1) is 11.7. The smallest absolute Gasteiger partial charge is 0.243 e. The highest BCUT2D eigenvalue weighted by Gasteiger charge is 2.35. The number of hydrogen-bond donors (Lipinski definition) is 1. The molecule has 1 N–H and O–H groups in total. The van der Waals surface area contributed by atoms with Crippen LogP contribution < -0.4 is 5.32 Å². The van der Waals surface area contributed by atoms with Crippen molar-refractivity contribution in [2.75, 3.05) is 57.7 Å². The zero-order valence-corrected chi connectivity index (χ0v) is 15.1. The molecule has 3 aliphatic heterocycles. The van der Waals surface area contributed by atoms with E-state index in [-0.39, 0.29) is 23.9 Å². The zero-order chi connectivity index (χ0) is 16.9. The molecular formula is C16H27N3O4S. The number of nitrogens with zero attached hydrogens (tertiary/aromatic N) is 2. The first-order valence-electron chi connectivity index (χ1n) is 8.69. The monoisotopic (exact) mass is 357 g/mol. The molecule has 8 heteroatoms. The Hall–Kier alpha value is -0.830. The van der Waals surface area contributed by atoms with Crippen molar-refractivity contribution in [2.45, 2.75) is 25.4 Å². The molecule has 0 saturated carbocycles. The second-order valence-electron chi connectivity index (χ2n) is 6.59. The molecule has 0 spiro atoms. The summed E-state index contributed by atoms with van der Waals surface area (Å²) in [6, 6.07) is -0.0575. The Morgan fingerprint density at radius 3 is 2.71 bits per heavy atom. The van der Waals surface area contributed by atoms with E-state index in [1.54, 1.807) is 16.7 Å². The topological polar surface area (TPSA) is 71.1 Å². The molecule has 0 aromatic heterocycles. The van der Waals surface area contributed by atoms with Crippen LogP contribution in [0.3, 0.4) is 0 Å². The number of morpholine rings is 1. The van der Waals surface area contributed by atoms with Gasteiger partial charge in [-0.05, 0) is 6.42 Å². The van der Waals surface area contributed by atoms with E-state index in [0.717, 1.165) is 45.9 Å². The van der Waals surface area contributed by atoms with E-state index in [0.29, 0.717) is 24.1 Å². The molecule has 0 aliphatic carbocycles. The molecule has 0 radical (unpaired) electrons. The summed E-state index contributed by atoms with van der Waals surface area (Å²) < 4.78 is 11.0. The van der Waals surface area contributed by atoms with Crippen molar-refractivity contribution < 1.29 is 19.1 Å². The molecule has 7 nitrogen and oxygen atoms in total. The van der Waals surface area contributed by atoms with Gasteiger partial charge in [-0.1, -0.05) is 0 Å². The van der Waals surface area contributed by atoms with Crippen molar-refractivity contribution in [1.82, 2.24) is 15.1 Å². The van der Waals surface area contributed by atoms with Crippen LogP contribution in [0.15, 0.2) is 0 Å². The summed E-state index contributed by atoms with van der Waals surface area (Å²) >= 11 is 1.63. The van der Waals surface area contributed by atoms with Gasteiger partial charge in [-0.15, -0.1) is 11.8 Å². The third-order valence-electron chi connectivity index (χ3n) is 5.10. The number of carbonyl (C=O) groups is 2. The number of hydrogen-bond acceptors (Lipinski definition) is 6. The van der Waals surface area contributed by atoms with Crippen molar-refractivity contribution in [3.8, 4) is 0 Å². The average Bonchev–Trinajstić information content (AvgIpc) is 3.27. The fraction of sp³-hybridized carbons (Fsp3) is 0.875. The molecule has 0 aromatic rings. The maximum absolute atomic E-state index is 12.6. The van der Waals surface area contributed by atoms with Crippen molar-refractivity contribution in [2.24, 2.45) is 5.92 Å². The van der Waals surface area contributed by atoms with Crippen molar-refractivity contribution in [1.29, 1.82) is 0 Å². The third kappa shape index (κ3) is 4.22. The van der Waals surface area contributed by atoms with Gasteiger partial charge < -0.3 is 19.7 Å². The van der Waals surface area contributed by atoms with Gasteiger partial charge in [0.1, 0.15) is 6.04 Å². The minimum atomic E-state index is -0.335. The van der Waals surface area contributed by atoms with Gasteiger partial charge in [0.15, 0.2) is 0 Å². The van der Waals surface area contributed by atoms with Crippen LogP contribution >= 0.6 is 11.8 Å². The van der Waals surface area contributed by atoms with E-state index in [1.165, 1.54) is 6.92 Å². The van der Waals surface area contributed by atoms with Gasteiger partial charge in [0.05, 0.1) is 25.7 Å². The second-order valence-corrected chi connectivity index (χ2v) is 7.59. The Bertz CT molecular complexity index is 453. The largest absolute Gasteiger partial charge is 0.381 e. The number of amides is 2. The summed E-state index contributed by atoms with van der Waals surface area (Å²) in [5.74, 6) is 1.67. The van der Waals surface area contributed by atoms with Crippen molar-refractivity contribution in [3.63, 3.8) is 0 Å². The van der Waals surface area contributed by atoms with Crippen LogP contribution in [0.1, 0.15) is 13.3 Å². The van der Waals surface area contributed by atoms with Gasteiger partial charge in [0, 0.05) is 50.9 Å². The van der Waals surface area contributed by atoms with Crippen LogP contribution in [0.2, 0.25) is 0 Å². The van der Waals surface area contributed by atoms with Gasteiger partial charge in [0.25, 0.3) is 0 Å². The fourth-order valence-electron chi connectivity index (χ4n) is 3.65. The zero-order valence-electron chi connectivity index (χ0n) is 14.2. The quantitative estimate of drug-likeness (QED) is 0.732. The summed E-state index contributed by atoms with van der Waals surface area (Å²) in [4.78, 5) is 28.3. The summed E-state index contributed by atoms with van der Waals surface area (Å²) in [7, 11) is 0. The van der Waals surface area contributed by atoms with Gasteiger partial charge in [-0.3, -0.25) is 14.5 Å². The van der Waals surface area contributed by atoms with Gasteiger partial charge >= 0.3 is 0 Å². The van der Waals surface area contributed by atoms with E-state index < -0.39 is 0 Å². The highest BCUT2D eigenvalue weighted by molar-refractivity contribution is 7.99. The van der Waals surface area contributed by atoms with Crippen LogP contribution in [0.5, 0.6) is 0 Å². The number of rotatable bonds is 5. The molecule has 0 aromatic carbocycles. The normalized spacial score (nSPS) is 29.6. The first-order valence-corrected chi connectivity index (χ1v) is 9.84. The SMILES string of the molecule is CC(=O)N1CSCC1C(=O)NCC(C1CCOC1)N1CCOCC1. The maximum Gasteiger partial charge on any atom is 0.243 e. The Morgan fingerprint density at radius 1 is 1.25 bits per heavy atom.